The molecule has 1 aromatic heterocycles. The Morgan fingerprint density at radius 3 is 2.68 bits per heavy atom. The SMILES string of the molecule is O=C(NCCc1noc(=O)[nH]1)C1(Cc2ccccc2)CCC1. The van der Waals surface area contributed by atoms with Gasteiger partial charge in [0.25, 0.3) is 0 Å². The second-order valence-electron chi connectivity index (χ2n) is 5.84. The van der Waals surface area contributed by atoms with E-state index in [1.165, 1.54) is 5.56 Å². The number of amides is 1. The van der Waals surface area contributed by atoms with Crippen LogP contribution in [-0.2, 0) is 17.6 Å². The number of nitrogens with one attached hydrogen (secondary N) is 2. The molecule has 1 saturated carbocycles. The fraction of sp³-hybridized carbons (Fsp3) is 0.438. The van der Waals surface area contributed by atoms with Crippen LogP contribution < -0.4 is 11.1 Å². The van der Waals surface area contributed by atoms with Crippen molar-refractivity contribution in [3.8, 4) is 0 Å². The molecule has 116 valence electrons. The summed E-state index contributed by atoms with van der Waals surface area (Å²) in [5, 5.41) is 6.54. The Labute approximate surface area is 127 Å². The molecule has 0 aliphatic heterocycles. The summed E-state index contributed by atoms with van der Waals surface area (Å²) in [6.07, 6.45) is 4.18. The first-order valence-corrected chi connectivity index (χ1v) is 7.55. The van der Waals surface area contributed by atoms with Crippen LogP contribution in [0.5, 0.6) is 0 Å². The van der Waals surface area contributed by atoms with Crippen molar-refractivity contribution in [1.29, 1.82) is 0 Å². The van der Waals surface area contributed by atoms with Crippen LogP contribution in [0.25, 0.3) is 0 Å². The minimum absolute atomic E-state index is 0.0912. The number of aromatic amines is 1. The van der Waals surface area contributed by atoms with Gasteiger partial charge in [0, 0.05) is 13.0 Å². The quantitative estimate of drug-likeness (QED) is 0.845. The highest BCUT2D eigenvalue weighted by atomic mass is 16.5. The van der Waals surface area contributed by atoms with Crippen LogP contribution >= 0.6 is 0 Å². The van der Waals surface area contributed by atoms with Gasteiger partial charge in [0.15, 0.2) is 5.82 Å². The van der Waals surface area contributed by atoms with E-state index in [1.807, 2.05) is 18.2 Å². The third-order valence-electron chi connectivity index (χ3n) is 4.31. The normalized spacial score (nSPS) is 16.0. The second-order valence-corrected chi connectivity index (χ2v) is 5.84. The monoisotopic (exact) mass is 301 g/mol. The van der Waals surface area contributed by atoms with Crippen molar-refractivity contribution in [3.63, 3.8) is 0 Å². The molecule has 0 saturated heterocycles. The summed E-state index contributed by atoms with van der Waals surface area (Å²) in [7, 11) is 0. The van der Waals surface area contributed by atoms with Crippen LogP contribution in [0.4, 0.5) is 0 Å². The molecule has 0 radical (unpaired) electrons. The molecule has 0 spiro atoms. The predicted octanol–water partition coefficient (Wildman–Crippen LogP) is 1.43. The molecule has 2 aromatic rings. The zero-order chi connectivity index (χ0) is 15.4. The Bertz CT molecular complexity index is 686. The van der Waals surface area contributed by atoms with E-state index in [0.29, 0.717) is 18.8 Å². The molecule has 1 aromatic carbocycles. The van der Waals surface area contributed by atoms with Crippen molar-refractivity contribution in [2.24, 2.45) is 5.41 Å². The number of hydrogen-bond donors (Lipinski definition) is 2. The number of hydrogen-bond acceptors (Lipinski definition) is 4. The molecule has 1 heterocycles. The molecule has 1 amide bonds. The largest absolute Gasteiger partial charge is 0.438 e. The summed E-state index contributed by atoms with van der Waals surface area (Å²) in [4.78, 5) is 25.8. The Morgan fingerprint density at radius 2 is 2.09 bits per heavy atom. The molecule has 6 nitrogen and oxygen atoms in total. The van der Waals surface area contributed by atoms with E-state index in [0.717, 1.165) is 25.7 Å². The lowest BCUT2D eigenvalue weighted by Gasteiger charge is -2.40. The molecule has 3 rings (SSSR count). The molecule has 0 bridgehead atoms. The van der Waals surface area contributed by atoms with E-state index in [4.69, 9.17) is 0 Å². The van der Waals surface area contributed by atoms with Gasteiger partial charge in [-0.05, 0) is 24.8 Å². The first kappa shape index (κ1) is 14.6. The van der Waals surface area contributed by atoms with Gasteiger partial charge in [0.1, 0.15) is 0 Å². The van der Waals surface area contributed by atoms with E-state index < -0.39 is 5.76 Å². The zero-order valence-corrected chi connectivity index (χ0v) is 12.3. The minimum atomic E-state index is -0.569. The fourth-order valence-electron chi connectivity index (χ4n) is 2.92. The van der Waals surface area contributed by atoms with Crippen molar-refractivity contribution in [2.45, 2.75) is 32.1 Å². The van der Waals surface area contributed by atoms with Crippen LogP contribution in [0.15, 0.2) is 39.6 Å². The Balaban J connectivity index is 1.56. The molecule has 2 N–H and O–H groups in total. The van der Waals surface area contributed by atoms with Gasteiger partial charge in [-0.25, -0.2) is 4.79 Å². The zero-order valence-electron chi connectivity index (χ0n) is 12.3. The highest BCUT2D eigenvalue weighted by Gasteiger charge is 2.43. The minimum Gasteiger partial charge on any atom is -0.355 e. The molecule has 0 atom stereocenters. The third kappa shape index (κ3) is 3.10. The van der Waals surface area contributed by atoms with Gasteiger partial charge in [0.05, 0.1) is 5.41 Å². The number of carbonyl (C=O) groups excluding carboxylic acids is 1. The van der Waals surface area contributed by atoms with Crippen LogP contribution in [0, 0.1) is 5.41 Å². The lowest BCUT2D eigenvalue weighted by atomic mass is 9.64. The van der Waals surface area contributed by atoms with Crippen molar-refractivity contribution in [3.05, 3.63) is 52.3 Å². The number of carbonyl (C=O) groups is 1. The smallest absolute Gasteiger partial charge is 0.355 e. The molecular weight excluding hydrogens is 282 g/mol. The van der Waals surface area contributed by atoms with Gasteiger partial charge in [-0.1, -0.05) is 41.9 Å². The third-order valence-corrected chi connectivity index (χ3v) is 4.31. The number of rotatable bonds is 6. The predicted molar refractivity (Wildman–Crippen MR) is 80.3 cm³/mol. The molecule has 1 aliphatic carbocycles. The lowest BCUT2D eigenvalue weighted by molar-refractivity contribution is -0.135. The summed E-state index contributed by atoms with van der Waals surface area (Å²) in [5.74, 6) is -0.0228. The topological polar surface area (TPSA) is 88.0 Å². The van der Waals surface area contributed by atoms with E-state index in [1.54, 1.807) is 0 Å². The first-order valence-electron chi connectivity index (χ1n) is 7.55. The maximum Gasteiger partial charge on any atom is 0.438 e. The first-order chi connectivity index (χ1) is 10.7. The summed E-state index contributed by atoms with van der Waals surface area (Å²) >= 11 is 0. The number of benzene rings is 1. The molecule has 1 fully saturated rings. The van der Waals surface area contributed by atoms with Gasteiger partial charge in [-0.3, -0.25) is 14.3 Å². The Hall–Kier alpha value is -2.37. The van der Waals surface area contributed by atoms with Gasteiger partial charge in [-0.2, -0.15) is 0 Å². The van der Waals surface area contributed by atoms with E-state index in [-0.39, 0.29) is 11.3 Å². The maximum absolute atomic E-state index is 12.5. The van der Waals surface area contributed by atoms with Crippen LogP contribution in [-0.4, -0.2) is 22.6 Å². The van der Waals surface area contributed by atoms with Crippen molar-refractivity contribution >= 4 is 5.91 Å². The molecule has 6 heteroatoms. The van der Waals surface area contributed by atoms with Crippen LogP contribution in [0.3, 0.4) is 0 Å². The molecule has 22 heavy (non-hydrogen) atoms. The van der Waals surface area contributed by atoms with Crippen molar-refractivity contribution in [1.82, 2.24) is 15.5 Å². The summed E-state index contributed by atoms with van der Waals surface area (Å²) in [6, 6.07) is 10.1. The summed E-state index contributed by atoms with van der Waals surface area (Å²) in [5.41, 5.74) is 0.914. The summed E-state index contributed by atoms with van der Waals surface area (Å²) in [6.45, 7) is 0.442. The average molecular weight is 301 g/mol. The Kier molecular flexibility index (Phi) is 4.09. The van der Waals surface area contributed by atoms with Gasteiger partial charge < -0.3 is 5.32 Å². The van der Waals surface area contributed by atoms with Gasteiger partial charge in [-0.15, -0.1) is 0 Å². The number of nitrogens with zero attached hydrogens (tertiary/aromatic N) is 1. The average Bonchev–Trinajstić information content (AvgIpc) is 2.89. The molecule has 1 aliphatic rings. The number of aromatic nitrogens is 2. The maximum atomic E-state index is 12.5. The van der Waals surface area contributed by atoms with E-state index >= 15 is 0 Å². The van der Waals surface area contributed by atoms with E-state index in [2.05, 4.69) is 32.1 Å². The van der Waals surface area contributed by atoms with Crippen molar-refractivity contribution < 1.29 is 9.32 Å². The summed E-state index contributed by atoms with van der Waals surface area (Å²) < 4.78 is 4.43. The van der Waals surface area contributed by atoms with Crippen LogP contribution in [0.1, 0.15) is 30.7 Å². The van der Waals surface area contributed by atoms with E-state index in [9.17, 15) is 9.59 Å². The second kappa shape index (κ2) is 6.17. The molecule has 0 unspecified atom stereocenters. The molecular formula is C16H19N3O3. The Morgan fingerprint density at radius 1 is 1.32 bits per heavy atom. The standard InChI is InChI=1S/C16H19N3O3/c20-14(17-10-7-13-18-15(21)22-19-13)16(8-4-9-16)11-12-5-2-1-3-6-12/h1-3,5-6H,4,7-11H2,(H,17,20)(H,18,19,21). The lowest BCUT2D eigenvalue weighted by Crippen LogP contribution is -2.47. The highest BCUT2D eigenvalue weighted by molar-refractivity contribution is 5.83. The van der Waals surface area contributed by atoms with Crippen LogP contribution in [0.2, 0.25) is 0 Å². The highest BCUT2D eigenvalue weighted by Crippen LogP contribution is 2.43. The van der Waals surface area contributed by atoms with Crippen molar-refractivity contribution in [2.75, 3.05) is 6.54 Å². The van der Waals surface area contributed by atoms with Gasteiger partial charge >= 0.3 is 5.76 Å². The fourth-order valence-corrected chi connectivity index (χ4v) is 2.92. The number of H-pyrrole nitrogens is 1. The van der Waals surface area contributed by atoms with Gasteiger partial charge in [0.2, 0.25) is 5.91 Å².